The van der Waals surface area contributed by atoms with Gasteiger partial charge in [-0.05, 0) is 30.7 Å². The van der Waals surface area contributed by atoms with E-state index >= 15 is 0 Å². The van der Waals surface area contributed by atoms with E-state index in [0.717, 1.165) is 35.7 Å². The zero-order valence-corrected chi connectivity index (χ0v) is 16.7. The molecule has 2 N–H and O–H groups in total. The maximum Gasteiger partial charge on any atom is 0.191 e. The first-order valence-electron chi connectivity index (χ1n) is 8.17. The van der Waals surface area contributed by atoms with Gasteiger partial charge in [0.25, 0.3) is 0 Å². The first-order valence-corrected chi connectivity index (χ1v) is 8.17. The summed E-state index contributed by atoms with van der Waals surface area (Å²) in [6.07, 6.45) is 0. The van der Waals surface area contributed by atoms with Crippen LogP contribution < -0.4 is 10.5 Å². The van der Waals surface area contributed by atoms with Crippen LogP contribution in [0.25, 0.3) is 0 Å². The highest BCUT2D eigenvalue weighted by Crippen LogP contribution is 2.27. The summed E-state index contributed by atoms with van der Waals surface area (Å²) in [5.74, 6) is 2.19. The lowest BCUT2D eigenvalue weighted by Gasteiger charge is -2.27. The second-order valence-corrected chi connectivity index (χ2v) is 5.80. The van der Waals surface area contributed by atoms with Gasteiger partial charge in [-0.3, -0.25) is 0 Å². The fraction of sp³-hybridized carbons (Fsp3) is 0.316. The van der Waals surface area contributed by atoms with Crippen LogP contribution in [-0.2, 0) is 11.3 Å². The Labute approximate surface area is 165 Å². The first-order chi connectivity index (χ1) is 11.7. The summed E-state index contributed by atoms with van der Waals surface area (Å²) >= 11 is 0. The molecule has 134 valence electrons. The molecule has 1 saturated heterocycles. The Hall–Kier alpha value is -1.80. The number of aryl methyl sites for hydroxylation is 1. The summed E-state index contributed by atoms with van der Waals surface area (Å²) < 4.78 is 11.4. The highest BCUT2D eigenvalue weighted by atomic mass is 127. The highest BCUT2D eigenvalue weighted by Gasteiger charge is 2.12. The number of rotatable bonds is 4. The number of hydrogen-bond acceptors (Lipinski definition) is 3. The third-order valence-electron chi connectivity index (χ3n) is 3.94. The van der Waals surface area contributed by atoms with Crippen molar-refractivity contribution in [3.8, 4) is 11.5 Å². The van der Waals surface area contributed by atoms with Gasteiger partial charge < -0.3 is 20.1 Å². The quantitative estimate of drug-likeness (QED) is 0.437. The molecule has 0 bridgehead atoms. The van der Waals surface area contributed by atoms with Crippen LogP contribution in [0.1, 0.15) is 11.1 Å². The Kier molecular flexibility index (Phi) is 7.52. The minimum Gasteiger partial charge on any atom is -0.457 e. The van der Waals surface area contributed by atoms with Gasteiger partial charge >= 0.3 is 0 Å². The molecule has 0 saturated carbocycles. The van der Waals surface area contributed by atoms with Gasteiger partial charge in [0.2, 0.25) is 0 Å². The smallest absolute Gasteiger partial charge is 0.191 e. The van der Waals surface area contributed by atoms with Crippen LogP contribution in [-0.4, -0.2) is 37.2 Å². The maximum absolute atomic E-state index is 6.11. The van der Waals surface area contributed by atoms with E-state index in [9.17, 15) is 0 Å². The van der Waals surface area contributed by atoms with Crippen molar-refractivity contribution in [3.05, 3.63) is 59.7 Å². The lowest BCUT2D eigenvalue weighted by atomic mass is 10.1. The van der Waals surface area contributed by atoms with Crippen LogP contribution >= 0.6 is 24.0 Å². The lowest BCUT2D eigenvalue weighted by molar-refractivity contribution is 0.0674. The summed E-state index contributed by atoms with van der Waals surface area (Å²) in [6, 6.07) is 15.9. The van der Waals surface area contributed by atoms with Crippen molar-refractivity contribution in [2.24, 2.45) is 10.7 Å². The van der Waals surface area contributed by atoms with Crippen LogP contribution in [0.4, 0.5) is 0 Å². The molecule has 1 heterocycles. The van der Waals surface area contributed by atoms with Gasteiger partial charge in [-0.25, -0.2) is 4.99 Å². The molecule has 6 heteroatoms. The Balaban J connectivity index is 0.00000225. The minimum absolute atomic E-state index is 0. The number of benzene rings is 2. The number of aliphatic imine (C=N–C) groups is 1. The topological polar surface area (TPSA) is 60.1 Å². The van der Waals surface area contributed by atoms with Gasteiger partial charge in [-0.15, -0.1) is 24.0 Å². The van der Waals surface area contributed by atoms with Crippen molar-refractivity contribution in [3.63, 3.8) is 0 Å². The summed E-state index contributed by atoms with van der Waals surface area (Å²) in [4.78, 5) is 6.59. The van der Waals surface area contributed by atoms with E-state index in [1.165, 1.54) is 0 Å². The average molecular weight is 453 g/mol. The van der Waals surface area contributed by atoms with Crippen LogP contribution in [0.2, 0.25) is 0 Å². The van der Waals surface area contributed by atoms with Gasteiger partial charge in [0.1, 0.15) is 11.5 Å². The SMILES string of the molecule is Cc1ccc(CN=C(N)N2CCOCC2)c(Oc2ccccc2)c1.I. The molecule has 0 atom stereocenters. The van der Waals surface area contributed by atoms with Gasteiger partial charge in [0.05, 0.1) is 19.8 Å². The number of hydrogen-bond donors (Lipinski definition) is 1. The monoisotopic (exact) mass is 453 g/mol. The van der Waals surface area contributed by atoms with E-state index < -0.39 is 0 Å². The number of morpholine rings is 1. The van der Waals surface area contributed by atoms with E-state index in [1.54, 1.807) is 0 Å². The fourth-order valence-corrected chi connectivity index (χ4v) is 2.56. The van der Waals surface area contributed by atoms with E-state index in [-0.39, 0.29) is 24.0 Å². The minimum atomic E-state index is 0. The number of guanidine groups is 1. The van der Waals surface area contributed by atoms with Crippen molar-refractivity contribution in [1.29, 1.82) is 0 Å². The molecular formula is C19H24IN3O2. The van der Waals surface area contributed by atoms with Crippen molar-refractivity contribution in [2.75, 3.05) is 26.3 Å². The van der Waals surface area contributed by atoms with Gasteiger partial charge in [-0.2, -0.15) is 0 Å². The lowest BCUT2D eigenvalue weighted by Crippen LogP contribution is -2.44. The molecule has 2 aromatic rings. The molecule has 0 spiro atoms. The third kappa shape index (κ3) is 5.61. The number of para-hydroxylation sites is 1. The number of halogens is 1. The largest absolute Gasteiger partial charge is 0.457 e. The molecule has 0 aromatic heterocycles. The summed E-state index contributed by atoms with van der Waals surface area (Å²) in [7, 11) is 0. The van der Waals surface area contributed by atoms with Crippen LogP contribution in [0, 0.1) is 6.92 Å². The standard InChI is InChI=1S/C19H23N3O2.HI/c1-15-7-8-16(14-21-19(20)22-9-11-23-12-10-22)18(13-15)24-17-5-3-2-4-6-17;/h2-8,13H,9-12,14H2,1H3,(H2,20,21);1H. The average Bonchev–Trinajstić information content (AvgIpc) is 2.62. The normalized spacial score (nSPS) is 14.8. The number of nitrogens with two attached hydrogens (primary N) is 1. The molecule has 5 nitrogen and oxygen atoms in total. The zero-order chi connectivity index (χ0) is 16.8. The van der Waals surface area contributed by atoms with Gasteiger partial charge in [0, 0.05) is 18.7 Å². The molecule has 0 unspecified atom stereocenters. The van der Waals surface area contributed by atoms with E-state index in [2.05, 4.69) is 16.0 Å². The van der Waals surface area contributed by atoms with E-state index in [0.29, 0.717) is 25.7 Å². The predicted octanol–water partition coefficient (Wildman–Crippen LogP) is 3.55. The van der Waals surface area contributed by atoms with E-state index in [4.69, 9.17) is 15.2 Å². The second-order valence-electron chi connectivity index (χ2n) is 5.80. The van der Waals surface area contributed by atoms with Crippen LogP contribution in [0.15, 0.2) is 53.5 Å². The molecule has 25 heavy (non-hydrogen) atoms. The van der Waals surface area contributed by atoms with Gasteiger partial charge in [-0.1, -0.05) is 30.3 Å². The first kappa shape index (κ1) is 19.5. The Morgan fingerprint density at radius 1 is 1.16 bits per heavy atom. The third-order valence-corrected chi connectivity index (χ3v) is 3.94. The van der Waals surface area contributed by atoms with Crippen molar-refractivity contribution >= 4 is 29.9 Å². The van der Waals surface area contributed by atoms with Gasteiger partial charge in [0.15, 0.2) is 5.96 Å². The molecule has 1 aliphatic rings. The fourth-order valence-electron chi connectivity index (χ4n) is 2.56. The zero-order valence-electron chi connectivity index (χ0n) is 14.4. The molecule has 0 amide bonds. The predicted molar refractivity (Wildman–Crippen MR) is 111 cm³/mol. The second kappa shape index (κ2) is 9.62. The maximum atomic E-state index is 6.11. The summed E-state index contributed by atoms with van der Waals surface area (Å²) in [5, 5.41) is 0. The number of ether oxygens (including phenoxy) is 2. The van der Waals surface area contributed by atoms with Crippen molar-refractivity contribution in [1.82, 2.24) is 4.90 Å². The van der Waals surface area contributed by atoms with E-state index in [1.807, 2.05) is 49.4 Å². The molecule has 1 aliphatic heterocycles. The molecular weight excluding hydrogens is 429 g/mol. The molecule has 1 fully saturated rings. The Bertz CT molecular complexity index is 701. The molecule has 2 aromatic carbocycles. The van der Waals surface area contributed by atoms with Crippen molar-refractivity contribution in [2.45, 2.75) is 13.5 Å². The highest BCUT2D eigenvalue weighted by molar-refractivity contribution is 14.0. The molecule has 0 aliphatic carbocycles. The Morgan fingerprint density at radius 3 is 2.60 bits per heavy atom. The summed E-state index contributed by atoms with van der Waals surface area (Å²) in [5.41, 5.74) is 8.27. The Morgan fingerprint density at radius 2 is 1.88 bits per heavy atom. The molecule has 3 rings (SSSR count). The number of nitrogens with zero attached hydrogens (tertiary/aromatic N) is 2. The van der Waals surface area contributed by atoms with Crippen molar-refractivity contribution < 1.29 is 9.47 Å². The molecule has 0 radical (unpaired) electrons. The van der Waals surface area contributed by atoms with Crippen LogP contribution in [0.5, 0.6) is 11.5 Å². The van der Waals surface area contributed by atoms with Crippen LogP contribution in [0.3, 0.4) is 0 Å². The summed E-state index contributed by atoms with van der Waals surface area (Å²) in [6.45, 7) is 5.51.